The van der Waals surface area contributed by atoms with Crippen molar-refractivity contribution in [3.05, 3.63) is 28.3 Å². The fourth-order valence-corrected chi connectivity index (χ4v) is 1.66. The zero-order valence-electron chi connectivity index (χ0n) is 9.52. The number of alkyl halides is 1. The first-order valence-electron chi connectivity index (χ1n) is 5.20. The maximum atomic E-state index is 10.8. The average molecular weight is 304 g/mol. The van der Waals surface area contributed by atoms with Gasteiger partial charge in [0.25, 0.3) is 0 Å². The first kappa shape index (κ1) is 13.8. The smallest absolute Gasteiger partial charge is 0.311 e. The largest absolute Gasteiger partial charge is 0.497 e. The van der Waals surface area contributed by atoms with Gasteiger partial charge in [-0.15, -0.1) is 0 Å². The number of halogens is 1. The highest BCUT2D eigenvalue weighted by molar-refractivity contribution is 9.09. The van der Waals surface area contributed by atoms with Crippen LogP contribution in [-0.2, 0) is 0 Å². The molecule has 0 aromatic heterocycles. The number of benzene rings is 1. The molecule has 94 valence electrons. The standard InChI is InChI=1S/C11H14BrNO4/c1-16-9-4-5-10(13(14)15)11(8-9)17-7-3-2-6-12/h4-5,8H,2-3,6-7H2,1H3. The molecule has 0 fully saturated rings. The predicted octanol–water partition coefficient (Wildman–Crippen LogP) is 3.16. The maximum Gasteiger partial charge on any atom is 0.311 e. The summed E-state index contributed by atoms with van der Waals surface area (Å²) in [6.45, 7) is 0.458. The van der Waals surface area contributed by atoms with Gasteiger partial charge in [-0.2, -0.15) is 0 Å². The Hall–Kier alpha value is -1.30. The van der Waals surface area contributed by atoms with E-state index >= 15 is 0 Å². The second-order valence-corrected chi connectivity index (χ2v) is 4.13. The highest BCUT2D eigenvalue weighted by Crippen LogP contribution is 2.31. The topological polar surface area (TPSA) is 61.6 Å². The highest BCUT2D eigenvalue weighted by atomic mass is 79.9. The molecular weight excluding hydrogens is 290 g/mol. The summed E-state index contributed by atoms with van der Waals surface area (Å²) in [5.74, 6) is 0.801. The fraction of sp³-hybridized carbons (Fsp3) is 0.455. The van der Waals surface area contributed by atoms with Crippen LogP contribution in [0, 0.1) is 10.1 Å². The number of hydrogen-bond acceptors (Lipinski definition) is 4. The number of nitro benzene ring substituents is 1. The van der Waals surface area contributed by atoms with Gasteiger partial charge in [-0.05, 0) is 18.9 Å². The molecule has 0 amide bonds. The van der Waals surface area contributed by atoms with E-state index in [1.165, 1.54) is 19.2 Å². The van der Waals surface area contributed by atoms with Crippen LogP contribution in [0.25, 0.3) is 0 Å². The Morgan fingerprint density at radius 1 is 1.41 bits per heavy atom. The summed E-state index contributed by atoms with van der Waals surface area (Å²) < 4.78 is 10.4. The van der Waals surface area contributed by atoms with Gasteiger partial charge in [-0.3, -0.25) is 10.1 Å². The van der Waals surface area contributed by atoms with Crippen LogP contribution in [0.5, 0.6) is 11.5 Å². The van der Waals surface area contributed by atoms with Crippen molar-refractivity contribution in [2.45, 2.75) is 12.8 Å². The van der Waals surface area contributed by atoms with Gasteiger partial charge in [-0.1, -0.05) is 15.9 Å². The Morgan fingerprint density at radius 2 is 2.18 bits per heavy atom. The van der Waals surface area contributed by atoms with Gasteiger partial charge in [0.15, 0.2) is 0 Å². The van der Waals surface area contributed by atoms with Gasteiger partial charge in [0, 0.05) is 17.5 Å². The summed E-state index contributed by atoms with van der Waals surface area (Å²) in [5, 5.41) is 11.7. The molecule has 0 N–H and O–H groups in total. The van der Waals surface area contributed by atoms with Gasteiger partial charge in [0.1, 0.15) is 5.75 Å². The monoisotopic (exact) mass is 303 g/mol. The van der Waals surface area contributed by atoms with E-state index in [0.717, 1.165) is 18.2 Å². The third kappa shape index (κ3) is 4.22. The number of hydrogen-bond donors (Lipinski definition) is 0. The number of rotatable bonds is 7. The van der Waals surface area contributed by atoms with Crippen molar-refractivity contribution >= 4 is 21.6 Å². The molecule has 0 aliphatic rings. The molecule has 0 spiro atoms. The van der Waals surface area contributed by atoms with Crippen LogP contribution in [0.1, 0.15) is 12.8 Å². The maximum absolute atomic E-state index is 10.8. The Labute approximate surface area is 108 Å². The van der Waals surface area contributed by atoms with Crippen molar-refractivity contribution in [2.24, 2.45) is 0 Å². The molecule has 0 bridgehead atoms. The van der Waals surface area contributed by atoms with Gasteiger partial charge < -0.3 is 9.47 Å². The molecular formula is C11H14BrNO4. The van der Waals surface area contributed by atoms with E-state index in [-0.39, 0.29) is 11.4 Å². The first-order chi connectivity index (χ1) is 8.19. The summed E-state index contributed by atoms with van der Waals surface area (Å²) in [6, 6.07) is 4.47. The number of nitro groups is 1. The third-order valence-corrected chi connectivity index (χ3v) is 2.71. The zero-order valence-corrected chi connectivity index (χ0v) is 11.1. The molecule has 0 unspecified atom stereocenters. The van der Waals surface area contributed by atoms with E-state index < -0.39 is 4.92 Å². The fourth-order valence-electron chi connectivity index (χ4n) is 1.27. The Balaban J connectivity index is 2.75. The number of ether oxygens (including phenoxy) is 2. The van der Waals surface area contributed by atoms with Crippen LogP contribution in [0.3, 0.4) is 0 Å². The molecule has 6 heteroatoms. The molecule has 0 aliphatic heterocycles. The van der Waals surface area contributed by atoms with Crippen LogP contribution in [-0.4, -0.2) is 24.0 Å². The van der Waals surface area contributed by atoms with Gasteiger partial charge >= 0.3 is 5.69 Å². The van der Waals surface area contributed by atoms with Crippen molar-refractivity contribution < 1.29 is 14.4 Å². The van der Waals surface area contributed by atoms with Crippen LogP contribution >= 0.6 is 15.9 Å². The van der Waals surface area contributed by atoms with Crippen LogP contribution in [0.4, 0.5) is 5.69 Å². The molecule has 0 radical (unpaired) electrons. The lowest BCUT2D eigenvalue weighted by Gasteiger charge is -2.07. The summed E-state index contributed by atoms with van der Waals surface area (Å²) in [4.78, 5) is 10.3. The molecule has 1 aromatic carbocycles. The Kier molecular flexibility index (Phi) is 5.76. The quantitative estimate of drug-likeness (QED) is 0.336. The number of methoxy groups -OCH3 is 1. The average Bonchev–Trinajstić information content (AvgIpc) is 2.34. The van der Waals surface area contributed by atoms with Crippen molar-refractivity contribution in [2.75, 3.05) is 19.0 Å². The van der Waals surface area contributed by atoms with Crippen molar-refractivity contribution in [3.63, 3.8) is 0 Å². The molecule has 0 aliphatic carbocycles. The van der Waals surface area contributed by atoms with E-state index in [0.29, 0.717) is 12.4 Å². The zero-order chi connectivity index (χ0) is 12.7. The minimum absolute atomic E-state index is 0.0374. The van der Waals surface area contributed by atoms with Crippen LogP contribution in [0.15, 0.2) is 18.2 Å². The minimum atomic E-state index is -0.459. The van der Waals surface area contributed by atoms with Gasteiger partial charge in [-0.25, -0.2) is 0 Å². The van der Waals surface area contributed by atoms with E-state index in [2.05, 4.69) is 15.9 Å². The van der Waals surface area contributed by atoms with E-state index in [1.807, 2.05) is 0 Å². The minimum Gasteiger partial charge on any atom is -0.497 e. The lowest BCUT2D eigenvalue weighted by molar-refractivity contribution is -0.385. The van der Waals surface area contributed by atoms with Crippen LogP contribution in [0.2, 0.25) is 0 Å². The molecule has 5 nitrogen and oxygen atoms in total. The van der Waals surface area contributed by atoms with Crippen LogP contribution < -0.4 is 9.47 Å². The Morgan fingerprint density at radius 3 is 2.76 bits per heavy atom. The lowest BCUT2D eigenvalue weighted by atomic mass is 10.3. The molecule has 1 rings (SSSR count). The highest BCUT2D eigenvalue weighted by Gasteiger charge is 2.15. The van der Waals surface area contributed by atoms with E-state index in [1.54, 1.807) is 6.07 Å². The summed E-state index contributed by atoms with van der Waals surface area (Å²) in [5.41, 5.74) is -0.0374. The summed E-state index contributed by atoms with van der Waals surface area (Å²) in [6.07, 6.45) is 1.82. The number of nitrogens with zero attached hydrogens (tertiary/aromatic N) is 1. The SMILES string of the molecule is COc1ccc([N+](=O)[O-])c(OCCCCBr)c1. The first-order valence-corrected chi connectivity index (χ1v) is 6.32. The molecule has 17 heavy (non-hydrogen) atoms. The molecule has 1 aromatic rings. The van der Waals surface area contributed by atoms with E-state index in [9.17, 15) is 10.1 Å². The molecule has 0 saturated heterocycles. The number of unbranched alkanes of at least 4 members (excludes halogenated alkanes) is 1. The normalized spacial score (nSPS) is 10.0. The van der Waals surface area contributed by atoms with Crippen molar-refractivity contribution in [1.82, 2.24) is 0 Å². The Bertz CT molecular complexity index is 384. The second kappa shape index (κ2) is 7.11. The third-order valence-electron chi connectivity index (χ3n) is 2.15. The van der Waals surface area contributed by atoms with Crippen molar-refractivity contribution in [1.29, 1.82) is 0 Å². The lowest BCUT2D eigenvalue weighted by Crippen LogP contribution is -2.01. The van der Waals surface area contributed by atoms with E-state index in [4.69, 9.17) is 9.47 Å². The molecule has 0 heterocycles. The van der Waals surface area contributed by atoms with Gasteiger partial charge in [0.2, 0.25) is 5.75 Å². The van der Waals surface area contributed by atoms with Gasteiger partial charge in [0.05, 0.1) is 18.6 Å². The summed E-state index contributed by atoms with van der Waals surface area (Å²) >= 11 is 3.31. The second-order valence-electron chi connectivity index (χ2n) is 3.34. The summed E-state index contributed by atoms with van der Waals surface area (Å²) in [7, 11) is 1.51. The predicted molar refractivity (Wildman–Crippen MR) is 68.2 cm³/mol. The molecule has 0 saturated carbocycles. The van der Waals surface area contributed by atoms with Crippen molar-refractivity contribution in [3.8, 4) is 11.5 Å². The molecule has 0 atom stereocenters.